The Morgan fingerprint density at radius 1 is 1.25 bits per heavy atom. The van der Waals surface area contributed by atoms with Crippen molar-refractivity contribution in [2.45, 2.75) is 26.8 Å². The van der Waals surface area contributed by atoms with Gasteiger partial charge in [0.1, 0.15) is 12.4 Å². The van der Waals surface area contributed by atoms with Gasteiger partial charge in [-0.2, -0.15) is 5.10 Å². The predicted octanol–water partition coefficient (Wildman–Crippen LogP) is 1.83. The normalized spacial score (nSPS) is 10.7. The zero-order valence-corrected chi connectivity index (χ0v) is 13.9. The molecule has 0 saturated heterocycles. The van der Waals surface area contributed by atoms with Crippen LogP contribution in [0.1, 0.15) is 22.5 Å². The van der Waals surface area contributed by atoms with Crippen LogP contribution in [-0.4, -0.2) is 38.2 Å². The van der Waals surface area contributed by atoms with E-state index in [9.17, 15) is 14.0 Å². The lowest BCUT2D eigenvalue weighted by Crippen LogP contribution is -2.36. The van der Waals surface area contributed by atoms with Crippen molar-refractivity contribution in [1.82, 2.24) is 14.7 Å². The van der Waals surface area contributed by atoms with E-state index in [2.05, 4.69) is 5.10 Å². The number of amides is 1. The molecule has 6 nitrogen and oxygen atoms in total. The van der Waals surface area contributed by atoms with Gasteiger partial charge in [-0.3, -0.25) is 14.3 Å². The Bertz CT molecular complexity index is 753. The van der Waals surface area contributed by atoms with Crippen molar-refractivity contribution in [2.75, 3.05) is 6.54 Å². The van der Waals surface area contributed by atoms with Gasteiger partial charge in [0, 0.05) is 24.8 Å². The van der Waals surface area contributed by atoms with Crippen LogP contribution in [0.15, 0.2) is 24.3 Å². The predicted molar refractivity (Wildman–Crippen MR) is 85.8 cm³/mol. The molecule has 2 aromatic rings. The molecule has 0 unspecified atom stereocenters. The molecule has 0 fully saturated rings. The summed E-state index contributed by atoms with van der Waals surface area (Å²) in [7, 11) is 1.80. The first kappa shape index (κ1) is 17.7. The van der Waals surface area contributed by atoms with E-state index in [1.807, 2.05) is 13.8 Å². The summed E-state index contributed by atoms with van der Waals surface area (Å²) < 4.78 is 14.7. The van der Waals surface area contributed by atoms with Gasteiger partial charge in [-0.05, 0) is 31.5 Å². The zero-order chi connectivity index (χ0) is 17.9. The standard InChI is InChI=1S/C17H20FN3O3/c1-11-15(12(2)20(3)19-11)8-16(22)21(10-17(23)24)9-13-4-6-14(18)7-5-13/h4-7H,8-10H2,1-3H3,(H,23,24). The van der Waals surface area contributed by atoms with E-state index in [0.717, 1.165) is 17.0 Å². The number of halogens is 1. The number of benzene rings is 1. The van der Waals surface area contributed by atoms with Crippen LogP contribution in [0.25, 0.3) is 0 Å². The molecule has 1 aromatic carbocycles. The topological polar surface area (TPSA) is 75.4 Å². The number of aromatic nitrogens is 2. The smallest absolute Gasteiger partial charge is 0.323 e. The molecule has 1 aromatic heterocycles. The minimum absolute atomic E-state index is 0.0833. The van der Waals surface area contributed by atoms with Gasteiger partial charge in [0.15, 0.2) is 0 Å². The molecule has 128 valence electrons. The van der Waals surface area contributed by atoms with E-state index in [-0.39, 0.29) is 24.7 Å². The number of carboxylic acids is 1. The molecule has 24 heavy (non-hydrogen) atoms. The number of aryl methyl sites for hydroxylation is 2. The summed E-state index contributed by atoms with van der Waals surface area (Å²) in [6.07, 6.45) is 0.0833. The third-order valence-corrected chi connectivity index (χ3v) is 3.95. The van der Waals surface area contributed by atoms with E-state index < -0.39 is 12.5 Å². The molecular weight excluding hydrogens is 313 g/mol. The van der Waals surface area contributed by atoms with E-state index in [4.69, 9.17) is 5.11 Å². The Labute approximate surface area is 139 Å². The molecule has 0 atom stereocenters. The molecular formula is C17H20FN3O3. The molecule has 0 spiro atoms. The highest BCUT2D eigenvalue weighted by Crippen LogP contribution is 2.15. The van der Waals surface area contributed by atoms with Gasteiger partial charge in [0.2, 0.25) is 5.91 Å². The maximum Gasteiger partial charge on any atom is 0.323 e. The number of carbonyl (C=O) groups excluding carboxylic acids is 1. The van der Waals surface area contributed by atoms with Crippen LogP contribution in [0.4, 0.5) is 4.39 Å². The Kier molecular flexibility index (Phi) is 5.33. The van der Waals surface area contributed by atoms with Crippen molar-refractivity contribution < 1.29 is 19.1 Å². The van der Waals surface area contributed by atoms with Crippen molar-refractivity contribution in [3.05, 3.63) is 52.6 Å². The van der Waals surface area contributed by atoms with Crippen molar-refractivity contribution in [3.8, 4) is 0 Å². The van der Waals surface area contributed by atoms with Gasteiger partial charge < -0.3 is 10.0 Å². The number of carbonyl (C=O) groups is 2. The molecule has 0 aliphatic heterocycles. The average Bonchev–Trinajstić information content (AvgIpc) is 2.74. The number of rotatable bonds is 6. The maximum atomic E-state index is 13.0. The minimum atomic E-state index is -1.09. The summed E-state index contributed by atoms with van der Waals surface area (Å²) in [6.45, 7) is 3.39. The monoisotopic (exact) mass is 333 g/mol. The molecule has 0 aliphatic carbocycles. The van der Waals surface area contributed by atoms with E-state index in [1.54, 1.807) is 11.7 Å². The van der Waals surface area contributed by atoms with Gasteiger partial charge >= 0.3 is 5.97 Å². The zero-order valence-electron chi connectivity index (χ0n) is 13.9. The molecule has 1 heterocycles. The second-order valence-electron chi connectivity index (χ2n) is 5.72. The van der Waals surface area contributed by atoms with Crippen molar-refractivity contribution in [1.29, 1.82) is 0 Å². The summed E-state index contributed by atoms with van der Waals surface area (Å²) >= 11 is 0. The van der Waals surface area contributed by atoms with Gasteiger partial charge in [-0.1, -0.05) is 12.1 Å². The van der Waals surface area contributed by atoms with Crippen LogP contribution in [0.5, 0.6) is 0 Å². The van der Waals surface area contributed by atoms with Crippen molar-refractivity contribution >= 4 is 11.9 Å². The fourth-order valence-electron chi connectivity index (χ4n) is 2.54. The van der Waals surface area contributed by atoms with Crippen LogP contribution in [0.2, 0.25) is 0 Å². The Morgan fingerprint density at radius 3 is 2.38 bits per heavy atom. The lowest BCUT2D eigenvalue weighted by atomic mass is 10.1. The SMILES string of the molecule is Cc1nn(C)c(C)c1CC(=O)N(CC(=O)O)Cc1ccc(F)cc1. The summed E-state index contributed by atoms with van der Waals surface area (Å²) in [5.74, 6) is -1.78. The van der Waals surface area contributed by atoms with Gasteiger partial charge in [-0.25, -0.2) is 4.39 Å². The minimum Gasteiger partial charge on any atom is -0.480 e. The number of hydrogen-bond donors (Lipinski definition) is 1. The third-order valence-electron chi connectivity index (χ3n) is 3.95. The number of nitrogens with zero attached hydrogens (tertiary/aromatic N) is 3. The largest absolute Gasteiger partial charge is 0.480 e. The van der Waals surface area contributed by atoms with Crippen molar-refractivity contribution in [3.63, 3.8) is 0 Å². The van der Waals surface area contributed by atoms with Gasteiger partial charge in [0.25, 0.3) is 0 Å². The summed E-state index contributed by atoms with van der Waals surface area (Å²) in [5.41, 5.74) is 3.10. The summed E-state index contributed by atoms with van der Waals surface area (Å²) in [4.78, 5) is 24.9. The number of carboxylic acid groups (broad SMARTS) is 1. The van der Waals surface area contributed by atoms with E-state index in [1.165, 1.54) is 29.2 Å². The highest BCUT2D eigenvalue weighted by molar-refractivity contribution is 5.83. The number of hydrogen-bond acceptors (Lipinski definition) is 3. The van der Waals surface area contributed by atoms with Crippen LogP contribution in [0.3, 0.4) is 0 Å². The lowest BCUT2D eigenvalue weighted by molar-refractivity contribution is -0.144. The molecule has 7 heteroatoms. The quantitative estimate of drug-likeness (QED) is 0.875. The molecule has 0 radical (unpaired) electrons. The highest BCUT2D eigenvalue weighted by atomic mass is 19.1. The lowest BCUT2D eigenvalue weighted by Gasteiger charge is -2.21. The van der Waals surface area contributed by atoms with E-state index in [0.29, 0.717) is 5.56 Å². The van der Waals surface area contributed by atoms with Gasteiger partial charge in [-0.15, -0.1) is 0 Å². The number of aliphatic carboxylic acids is 1. The molecule has 1 N–H and O–H groups in total. The summed E-state index contributed by atoms with van der Waals surface area (Å²) in [5, 5.41) is 13.3. The fraction of sp³-hybridized carbons (Fsp3) is 0.353. The van der Waals surface area contributed by atoms with Crippen molar-refractivity contribution in [2.24, 2.45) is 7.05 Å². The molecule has 0 aliphatic rings. The van der Waals surface area contributed by atoms with Crippen LogP contribution < -0.4 is 0 Å². The summed E-state index contributed by atoms with van der Waals surface area (Å²) in [6, 6.07) is 5.65. The van der Waals surface area contributed by atoms with E-state index >= 15 is 0 Å². The Morgan fingerprint density at radius 2 is 1.88 bits per heavy atom. The first-order chi connectivity index (χ1) is 11.3. The fourth-order valence-corrected chi connectivity index (χ4v) is 2.54. The molecule has 0 bridgehead atoms. The average molecular weight is 333 g/mol. The first-order valence-corrected chi connectivity index (χ1v) is 7.51. The second kappa shape index (κ2) is 7.25. The van der Waals surface area contributed by atoms with Crippen LogP contribution in [-0.2, 0) is 29.6 Å². The Hall–Kier alpha value is -2.70. The van der Waals surface area contributed by atoms with Crippen LogP contribution in [0, 0.1) is 19.7 Å². The third kappa shape index (κ3) is 4.18. The van der Waals surface area contributed by atoms with Gasteiger partial charge in [0.05, 0.1) is 12.1 Å². The second-order valence-corrected chi connectivity index (χ2v) is 5.72. The molecule has 0 saturated carbocycles. The molecule has 1 amide bonds. The Balaban J connectivity index is 2.18. The van der Waals surface area contributed by atoms with Crippen LogP contribution >= 0.6 is 0 Å². The molecule has 2 rings (SSSR count). The highest BCUT2D eigenvalue weighted by Gasteiger charge is 2.21. The first-order valence-electron chi connectivity index (χ1n) is 7.51. The maximum absolute atomic E-state index is 13.0.